The predicted molar refractivity (Wildman–Crippen MR) is 74.1 cm³/mol. The average Bonchev–Trinajstić information content (AvgIpc) is 2.34. The second kappa shape index (κ2) is 10.2. The smallest absolute Gasteiger partial charge is 0.322 e. The van der Waals surface area contributed by atoms with E-state index in [0.717, 1.165) is 12.8 Å². The third-order valence-electron chi connectivity index (χ3n) is 2.71. The van der Waals surface area contributed by atoms with Gasteiger partial charge >= 0.3 is 11.9 Å². The lowest BCUT2D eigenvalue weighted by molar-refractivity contribution is -0.147. The summed E-state index contributed by atoms with van der Waals surface area (Å²) in [6.45, 7) is 5.81. The molecular formula is C14H25NO5. The molecule has 1 unspecified atom stereocenters. The van der Waals surface area contributed by atoms with Crippen molar-refractivity contribution in [3.05, 3.63) is 0 Å². The average molecular weight is 287 g/mol. The molecule has 6 heteroatoms. The fraction of sp³-hybridized carbons (Fsp3) is 0.786. The number of aliphatic carboxylic acids is 1. The Labute approximate surface area is 119 Å². The van der Waals surface area contributed by atoms with Gasteiger partial charge in [-0.25, -0.2) is 0 Å². The van der Waals surface area contributed by atoms with Crippen LogP contribution in [0.4, 0.5) is 0 Å². The van der Waals surface area contributed by atoms with Gasteiger partial charge in [0.05, 0.1) is 13.0 Å². The number of amides is 1. The first-order valence-corrected chi connectivity index (χ1v) is 7.01. The van der Waals surface area contributed by atoms with Crippen molar-refractivity contribution in [3.8, 4) is 0 Å². The molecular weight excluding hydrogens is 262 g/mol. The number of carbonyl (C=O) groups is 3. The maximum atomic E-state index is 11.9. The van der Waals surface area contributed by atoms with E-state index in [2.05, 4.69) is 5.32 Å². The van der Waals surface area contributed by atoms with Crippen LogP contribution >= 0.6 is 0 Å². The maximum absolute atomic E-state index is 11.9. The predicted octanol–water partition coefficient (Wildman–Crippen LogP) is 1.58. The summed E-state index contributed by atoms with van der Waals surface area (Å²) in [6, 6.07) is 0. The topological polar surface area (TPSA) is 92.7 Å². The van der Waals surface area contributed by atoms with Gasteiger partial charge in [0.15, 0.2) is 0 Å². The first-order valence-electron chi connectivity index (χ1n) is 7.01. The van der Waals surface area contributed by atoms with Crippen LogP contribution < -0.4 is 5.32 Å². The maximum Gasteiger partial charge on any atom is 0.322 e. The number of hydrogen-bond donors (Lipinski definition) is 2. The minimum Gasteiger partial charge on any atom is -0.480 e. The summed E-state index contributed by atoms with van der Waals surface area (Å²) in [5, 5.41) is 10.9. The van der Waals surface area contributed by atoms with Gasteiger partial charge in [-0.05, 0) is 18.8 Å². The van der Waals surface area contributed by atoms with Gasteiger partial charge in [-0.3, -0.25) is 14.4 Å². The van der Waals surface area contributed by atoms with Gasteiger partial charge in [-0.2, -0.15) is 0 Å². The van der Waals surface area contributed by atoms with Crippen LogP contribution in [0.5, 0.6) is 0 Å². The zero-order valence-corrected chi connectivity index (χ0v) is 12.5. The Hall–Kier alpha value is -1.59. The molecule has 0 saturated carbocycles. The molecule has 0 aliphatic heterocycles. The van der Waals surface area contributed by atoms with Crippen LogP contribution in [0.1, 0.15) is 46.5 Å². The Morgan fingerprint density at radius 3 is 2.40 bits per heavy atom. The van der Waals surface area contributed by atoms with Gasteiger partial charge in [-0.1, -0.05) is 27.2 Å². The van der Waals surface area contributed by atoms with Gasteiger partial charge in [0.2, 0.25) is 5.91 Å². The normalized spacial score (nSPS) is 12.0. The van der Waals surface area contributed by atoms with Crippen molar-refractivity contribution in [1.82, 2.24) is 5.32 Å². The van der Waals surface area contributed by atoms with Crippen molar-refractivity contribution in [3.63, 3.8) is 0 Å². The number of carboxylic acid groups (broad SMARTS) is 1. The molecule has 0 fully saturated rings. The lowest BCUT2D eigenvalue weighted by Crippen LogP contribution is -2.36. The van der Waals surface area contributed by atoms with Crippen molar-refractivity contribution < 1.29 is 24.2 Å². The van der Waals surface area contributed by atoms with Crippen LogP contribution in [-0.2, 0) is 19.1 Å². The number of rotatable bonds is 10. The molecule has 0 aliphatic rings. The van der Waals surface area contributed by atoms with Gasteiger partial charge in [0, 0.05) is 5.92 Å². The fourth-order valence-electron chi connectivity index (χ4n) is 1.75. The molecule has 116 valence electrons. The number of esters is 1. The molecule has 1 amide bonds. The summed E-state index contributed by atoms with van der Waals surface area (Å²) < 4.78 is 5.03. The van der Waals surface area contributed by atoms with Gasteiger partial charge in [0.1, 0.15) is 6.54 Å². The second-order valence-corrected chi connectivity index (χ2v) is 5.22. The Morgan fingerprint density at radius 2 is 1.90 bits per heavy atom. The number of carboxylic acids is 1. The van der Waals surface area contributed by atoms with Crippen LogP contribution in [0.25, 0.3) is 0 Å². The molecule has 0 radical (unpaired) electrons. The molecule has 1 atom stereocenters. The minimum atomic E-state index is -1.10. The fourth-order valence-corrected chi connectivity index (χ4v) is 1.75. The standard InChI is InChI=1S/C14H25NO5/c1-4-5-6-20-13(18)8-11(7-10(2)3)14(19)15-9-12(16)17/h10-11H,4-9H2,1-3H3,(H,15,19)(H,16,17). The van der Waals surface area contributed by atoms with E-state index in [0.29, 0.717) is 13.0 Å². The lowest BCUT2D eigenvalue weighted by Gasteiger charge is -2.17. The lowest BCUT2D eigenvalue weighted by atomic mass is 9.93. The summed E-state index contributed by atoms with van der Waals surface area (Å²) in [5.74, 6) is -2.22. The van der Waals surface area contributed by atoms with E-state index >= 15 is 0 Å². The minimum absolute atomic E-state index is 0.00660. The molecule has 0 heterocycles. The summed E-state index contributed by atoms with van der Waals surface area (Å²) in [4.78, 5) is 33.9. The molecule has 0 saturated heterocycles. The van der Waals surface area contributed by atoms with E-state index in [1.54, 1.807) is 0 Å². The van der Waals surface area contributed by atoms with Crippen molar-refractivity contribution in [2.45, 2.75) is 46.5 Å². The quantitative estimate of drug-likeness (QED) is 0.470. The number of unbranched alkanes of at least 4 members (excludes halogenated alkanes) is 1. The second-order valence-electron chi connectivity index (χ2n) is 5.22. The molecule has 0 rings (SSSR count). The highest BCUT2D eigenvalue weighted by Gasteiger charge is 2.24. The highest BCUT2D eigenvalue weighted by atomic mass is 16.5. The molecule has 2 N–H and O–H groups in total. The monoisotopic (exact) mass is 287 g/mol. The van der Waals surface area contributed by atoms with E-state index < -0.39 is 30.3 Å². The van der Waals surface area contributed by atoms with Gasteiger partial charge in [0.25, 0.3) is 0 Å². The number of carbonyl (C=O) groups excluding carboxylic acids is 2. The summed E-state index contributed by atoms with van der Waals surface area (Å²) in [6.07, 6.45) is 2.25. The third-order valence-corrected chi connectivity index (χ3v) is 2.71. The Morgan fingerprint density at radius 1 is 1.25 bits per heavy atom. The zero-order valence-electron chi connectivity index (χ0n) is 12.5. The summed E-state index contributed by atoms with van der Waals surface area (Å²) in [5.41, 5.74) is 0. The Kier molecular flexibility index (Phi) is 9.41. The molecule has 0 aromatic heterocycles. The summed E-state index contributed by atoms with van der Waals surface area (Å²) >= 11 is 0. The third kappa shape index (κ3) is 9.35. The van der Waals surface area contributed by atoms with E-state index in [9.17, 15) is 14.4 Å². The van der Waals surface area contributed by atoms with E-state index in [-0.39, 0.29) is 12.3 Å². The van der Waals surface area contributed by atoms with Gasteiger partial charge < -0.3 is 15.2 Å². The van der Waals surface area contributed by atoms with Crippen molar-refractivity contribution in [2.75, 3.05) is 13.2 Å². The molecule has 20 heavy (non-hydrogen) atoms. The first kappa shape index (κ1) is 18.4. The number of ether oxygens (including phenoxy) is 1. The molecule has 0 aromatic carbocycles. The molecule has 6 nitrogen and oxygen atoms in total. The van der Waals surface area contributed by atoms with Crippen LogP contribution in [0.3, 0.4) is 0 Å². The first-order chi connectivity index (χ1) is 9.36. The zero-order chi connectivity index (χ0) is 15.5. The van der Waals surface area contributed by atoms with Crippen LogP contribution in [0, 0.1) is 11.8 Å². The number of nitrogens with one attached hydrogen (secondary N) is 1. The van der Waals surface area contributed by atoms with Crippen LogP contribution in [0.15, 0.2) is 0 Å². The Balaban J connectivity index is 4.35. The molecule has 0 aliphatic carbocycles. The van der Waals surface area contributed by atoms with Crippen LogP contribution in [0.2, 0.25) is 0 Å². The SMILES string of the molecule is CCCCOC(=O)CC(CC(C)C)C(=O)NCC(=O)O. The molecule has 0 aromatic rings. The van der Waals surface area contributed by atoms with Gasteiger partial charge in [-0.15, -0.1) is 0 Å². The largest absolute Gasteiger partial charge is 0.480 e. The van der Waals surface area contributed by atoms with E-state index in [4.69, 9.17) is 9.84 Å². The summed E-state index contributed by atoms with van der Waals surface area (Å²) in [7, 11) is 0. The van der Waals surface area contributed by atoms with Crippen molar-refractivity contribution in [1.29, 1.82) is 0 Å². The Bertz CT molecular complexity index is 328. The van der Waals surface area contributed by atoms with E-state index in [1.165, 1.54) is 0 Å². The van der Waals surface area contributed by atoms with Crippen LogP contribution in [-0.4, -0.2) is 36.1 Å². The molecule has 0 spiro atoms. The van der Waals surface area contributed by atoms with Crippen molar-refractivity contribution in [2.24, 2.45) is 11.8 Å². The van der Waals surface area contributed by atoms with E-state index in [1.807, 2.05) is 20.8 Å². The van der Waals surface area contributed by atoms with Crippen molar-refractivity contribution >= 4 is 17.8 Å². The highest BCUT2D eigenvalue weighted by molar-refractivity contribution is 5.86. The number of hydrogen-bond acceptors (Lipinski definition) is 4. The highest BCUT2D eigenvalue weighted by Crippen LogP contribution is 2.16. The molecule has 0 bridgehead atoms.